The van der Waals surface area contributed by atoms with Crippen LogP contribution in [0.3, 0.4) is 0 Å². The van der Waals surface area contributed by atoms with Crippen LogP contribution in [0, 0.1) is 18.7 Å². The minimum absolute atomic E-state index is 0.0122. The lowest BCUT2D eigenvalue weighted by Gasteiger charge is -2.31. The maximum Gasteiger partial charge on any atom is 0.264 e. The number of nitrogens with zero attached hydrogens (tertiary/aromatic N) is 3. The van der Waals surface area contributed by atoms with Gasteiger partial charge in [0.1, 0.15) is 10.6 Å². The predicted molar refractivity (Wildman–Crippen MR) is 123 cm³/mol. The van der Waals surface area contributed by atoms with Crippen LogP contribution < -0.4 is 0 Å². The third-order valence-corrected chi connectivity index (χ3v) is 7.14. The molecule has 0 bridgehead atoms. The number of rotatable bonds is 4. The van der Waals surface area contributed by atoms with Gasteiger partial charge in [-0.15, -0.1) is 11.3 Å². The summed E-state index contributed by atoms with van der Waals surface area (Å²) < 4.78 is 15.1. The van der Waals surface area contributed by atoms with Crippen LogP contribution in [-0.4, -0.2) is 39.5 Å². The van der Waals surface area contributed by atoms with Gasteiger partial charge in [-0.1, -0.05) is 30.3 Å². The molecule has 2 aromatic carbocycles. The summed E-state index contributed by atoms with van der Waals surface area (Å²) in [7, 11) is 0. The molecular weight excluding hydrogens is 425 g/mol. The predicted octanol–water partition coefficient (Wildman–Crippen LogP) is 5.27. The number of hydrogen-bond acceptors (Lipinski definition) is 4. The van der Waals surface area contributed by atoms with Gasteiger partial charge < -0.3 is 4.90 Å². The third kappa shape index (κ3) is 3.73. The topological polar surface area (TPSA) is 55.2 Å². The van der Waals surface area contributed by atoms with Crippen LogP contribution in [0.4, 0.5) is 4.39 Å². The average Bonchev–Trinajstić information content (AvgIpc) is 3.40. The van der Waals surface area contributed by atoms with Crippen molar-refractivity contribution in [2.45, 2.75) is 19.8 Å². The number of ketones is 1. The lowest BCUT2D eigenvalue weighted by Crippen LogP contribution is -2.40. The van der Waals surface area contributed by atoms with Crippen molar-refractivity contribution in [3.05, 3.63) is 82.6 Å². The molecule has 5 rings (SSSR count). The Morgan fingerprint density at radius 1 is 1.03 bits per heavy atom. The zero-order valence-corrected chi connectivity index (χ0v) is 18.4. The highest BCUT2D eigenvalue weighted by Gasteiger charge is 2.29. The maximum absolute atomic E-state index is 13.3. The molecule has 7 heteroatoms. The summed E-state index contributed by atoms with van der Waals surface area (Å²) in [5.74, 6) is -0.195. The number of aromatic nitrogens is 2. The first-order chi connectivity index (χ1) is 15.5. The van der Waals surface area contributed by atoms with Gasteiger partial charge in [0.25, 0.3) is 5.91 Å². The van der Waals surface area contributed by atoms with Crippen LogP contribution in [-0.2, 0) is 0 Å². The first-order valence-corrected chi connectivity index (χ1v) is 11.5. The molecule has 0 spiro atoms. The normalized spacial score (nSPS) is 14.8. The second-order valence-corrected chi connectivity index (χ2v) is 9.13. The first kappa shape index (κ1) is 20.6. The molecule has 1 amide bonds. The number of hydrogen-bond donors (Lipinski definition) is 0. The maximum atomic E-state index is 13.3. The van der Waals surface area contributed by atoms with Crippen molar-refractivity contribution in [2.24, 2.45) is 5.92 Å². The van der Waals surface area contributed by atoms with Crippen LogP contribution >= 0.6 is 11.3 Å². The molecule has 0 aliphatic carbocycles. The van der Waals surface area contributed by atoms with Crippen molar-refractivity contribution < 1.29 is 14.0 Å². The number of piperidine rings is 1. The Hall–Kier alpha value is -3.32. The highest BCUT2D eigenvalue weighted by atomic mass is 32.1. The van der Waals surface area contributed by atoms with Crippen molar-refractivity contribution >= 4 is 33.2 Å². The molecule has 0 atom stereocenters. The van der Waals surface area contributed by atoms with E-state index >= 15 is 0 Å². The van der Waals surface area contributed by atoms with E-state index in [1.54, 1.807) is 16.8 Å². The standard InChI is InChI=1S/C25H22FN3O2S/c1-16-21-15-22(32-25(21)29(27-16)20-9-7-19(26)8-10-20)24(31)28-13-11-18(12-14-28)23(30)17-5-3-2-4-6-17/h2-10,15,18H,11-14H2,1H3. The van der Waals surface area contributed by atoms with Gasteiger partial charge in [0.05, 0.1) is 16.3 Å². The fourth-order valence-corrected chi connectivity index (χ4v) is 5.40. The molecule has 32 heavy (non-hydrogen) atoms. The Morgan fingerprint density at radius 2 is 1.72 bits per heavy atom. The number of thiophene rings is 1. The van der Waals surface area contributed by atoms with Crippen molar-refractivity contribution in [3.8, 4) is 5.69 Å². The van der Waals surface area contributed by atoms with Crippen molar-refractivity contribution in [1.29, 1.82) is 0 Å². The number of amides is 1. The number of likely N-dealkylation sites (tertiary alicyclic amines) is 1. The zero-order chi connectivity index (χ0) is 22.2. The number of Topliss-reactive ketones (excluding diaryl/α,β-unsaturated/α-hetero) is 1. The van der Waals surface area contributed by atoms with Gasteiger partial charge in [-0.05, 0) is 50.1 Å². The minimum atomic E-state index is -0.301. The Kier molecular flexibility index (Phi) is 5.35. The van der Waals surface area contributed by atoms with Gasteiger partial charge in [-0.25, -0.2) is 9.07 Å². The van der Waals surface area contributed by atoms with Gasteiger partial charge in [0.2, 0.25) is 0 Å². The number of carbonyl (C=O) groups excluding carboxylic acids is 2. The molecule has 1 fully saturated rings. The molecule has 1 aliphatic rings. The molecule has 3 heterocycles. The van der Waals surface area contributed by atoms with Crippen molar-refractivity contribution in [1.82, 2.24) is 14.7 Å². The van der Waals surface area contributed by atoms with Crippen LogP contribution in [0.1, 0.15) is 38.6 Å². The second-order valence-electron chi connectivity index (χ2n) is 8.10. The highest BCUT2D eigenvalue weighted by molar-refractivity contribution is 7.20. The van der Waals surface area contributed by atoms with E-state index < -0.39 is 0 Å². The van der Waals surface area contributed by atoms with Crippen LogP contribution in [0.15, 0.2) is 60.7 Å². The first-order valence-electron chi connectivity index (χ1n) is 10.6. The lowest BCUT2D eigenvalue weighted by atomic mass is 9.89. The molecule has 0 unspecified atom stereocenters. The lowest BCUT2D eigenvalue weighted by molar-refractivity contribution is 0.0654. The minimum Gasteiger partial charge on any atom is -0.338 e. The van der Waals surface area contributed by atoms with Gasteiger partial charge in [0, 0.05) is 30.0 Å². The van der Waals surface area contributed by atoms with E-state index in [1.165, 1.54) is 23.5 Å². The smallest absolute Gasteiger partial charge is 0.264 e. The number of aryl methyl sites for hydroxylation is 1. The zero-order valence-electron chi connectivity index (χ0n) is 17.6. The Morgan fingerprint density at radius 3 is 2.41 bits per heavy atom. The number of carbonyl (C=O) groups is 2. The van der Waals surface area contributed by atoms with Gasteiger partial charge in [0.15, 0.2) is 5.78 Å². The molecule has 2 aromatic heterocycles. The Labute approximate surface area is 189 Å². The summed E-state index contributed by atoms with van der Waals surface area (Å²) in [6.07, 6.45) is 1.35. The largest absolute Gasteiger partial charge is 0.338 e. The molecule has 162 valence electrons. The van der Waals surface area contributed by atoms with Crippen LogP contribution in [0.25, 0.3) is 15.9 Å². The fourth-order valence-electron chi connectivity index (χ4n) is 4.25. The summed E-state index contributed by atoms with van der Waals surface area (Å²) in [4.78, 5) is 29.3. The number of fused-ring (bicyclic) bond motifs is 1. The van der Waals surface area contributed by atoms with Crippen LogP contribution in [0.2, 0.25) is 0 Å². The fraction of sp³-hybridized carbons (Fsp3) is 0.240. The van der Waals surface area contributed by atoms with Crippen molar-refractivity contribution in [3.63, 3.8) is 0 Å². The Balaban J connectivity index is 1.33. The highest BCUT2D eigenvalue weighted by Crippen LogP contribution is 2.32. The summed E-state index contributed by atoms with van der Waals surface area (Å²) in [5, 5.41) is 5.49. The van der Waals surface area contributed by atoms with Gasteiger partial charge >= 0.3 is 0 Å². The molecular formula is C25H22FN3O2S. The van der Waals surface area contributed by atoms with Gasteiger partial charge in [-0.3, -0.25) is 9.59 Å². The SMILES string of the molecule is Cc1nn(-c2ccc(F)cc2)c2sc(C(=O)N3CCC(C(=O)c4ccccc4)CC3)cc12. The Bertz CT molecular complexity index is 1290. The molecule has 1 aliphatic heterocycles. The molecule has 0 saturated carbocycles. The second kappa shape index (κ2) is 8.31. The van der Waals surface area contributed by atoms with Crippen molar-refractivity contribution in [2.75, 3.05) is 13.1 Å². The third-order valence-electron chi connectivity index (χ3n) is 6.04. The van der Waals surface area contributed by atoms with E-state index in [-0.39, 0.29) is 23.4 Å². The molecule has 5 nitrogen and oxygen atoms in total. The number of halogens is 1. The van der Waals surface area contributed by atoms with E-state index in [0.29, 0.717) is 30.8 Å². The van der Waals surface area contributed by atoms with E-state index in [0.717, 1.165) is 27.2 Å². The molecule has 0 N–H and O–H groups in total. The summed E-state index contributed by atoms with van der Waals surface area (Å²) >= 11 is 1.40. The van der Waals surface area contributed by atoms with E-state index in [4.69, 9.17) is 0 Å². The van der Waals surface area contributed by atoms with E-state index in [1.807, 2.05) is 48.2 Å². The summed E-state index contributed by atoms with van der Waals surface area (Å²) in [6.45, 7) is 3.04. The number of benzene rings is 2. The van der Waals surface area contributed by atoms with E-state index in [2.05, 4.69) is 5.10 Å². The molecule has 0 radical (unpaired) electrons. The van der Waals surface area contributed by atoms with Crippen LogP contribution in [0.5, 0.6) is 0 Å². The molecule has 4 aromatic rings. The quantitative estimate of drug-likeness (QED) is 0.401. The monoisotopic (exact) mass is 447 g/mol. The summed E-state index contributed by atoms with van der Waals surface area (Å²) in [5.41, 5.74) is 2.32. The van der Waals surface area contributed by atoms with Gasteiger partial charge in [-0.2, -0.15) is 5.10 Å². The average molecular weight is 448 g/mol. The van der Waals surface area contributed by atoms with E-state index in [9.17, 15) is 14.0 Å². The molecule has 1 saturated heterocycles. The summed E-state index contributed by atoms with van der Waals surface area (Å²) in [6, 6.07) is 17.4.